The third-order valence-electron chi connectivity index (χ3n) is 3.56. The Morgan fingerprint density at radius 1 is 1.33 bits per heavy atom. The van der Waals surface area contributed by atoms with Crippen molar-refractivity contribution in [1.29, 1.82) is 0 Å². The average molecular weight is 248 g/mol. The first kappa shape index (κ1) is 13.5. The first-order valence-corrected chi connectivity index (χ1v) is 6.71. The highest BCUT2D eigenvalue weighted by Gasteiger charge is 2.21. The van der Waals surface area contributed by atoms with Gasteiger partial charge in [0.15, 0.2) is 0 Å². The van der Waals surface area contributed by atoms with E-state index in [-0.39, 0.29) is 0 Å². The van der Waals surface area contributed by atoms with Crippen molar-refractivity contribution in [3.63, 3.8) is 0 Å². The van der Waals surface area contributed by atoms with E-state index in [0.29, 0.717) is 6.04 Å². The first-order valence-electron chi connectivity index (χ1n) is 6.71. The lowest BCUT2D eigenvalue weighted by molar-refractivity contribution is 0.0926. The number of hydrogen-bond donors (Lipinski definition) is 1. The van der Waals surface area contributed by atoms with Crippen molar-refractivity contribution < 1.29 is 0 Å². The van der Waals surface area contributed by atoms with Crippen molar-refractivity contribution in [2.75, 3.05) is 33.7 Å². The molecule has 1 N–H and O–H groups in total. The maximum atomic E-state index is 4.69. The van der Waals surface area contributed by atoms with E-state index >= 15 is 0 Å². The Kier molecular flexibility index (Phi) is 4.69. The van der Waals surface area contributed by atoms with Crippen LogP contribution in [0.4, 0.5) is 0 Å². The number of pyridine rings is 1. The van der Waals surface area contributed by atoms with Crippen LogP contribution in [0.5, 0.6) is 0 Å². The summed E-state index contributed by atoms with van der Waals surface area (Å²) < 4.78 is 0. The van der Waals surface area contributed by atoms with Crippen LogP contribution in [0, 0.1) is 0 Å². The Labute approximate surface area is 110 Å². The fourth-order valence-electron chi connectivity index (χ4n) is 2.52. The molecule has 0 aliphatic carbocycles. The van der Waals surface area contributed by atoms with Crippen molar-refractivity contribution in [3.05, 3.63) is 29.6 Å². The minimum absolute atomic E-state index is 0.610. The highest BCUT2D eigenvalue weighted by molar-refractivity contribution is 5.11. The molecule has 0 saturated carbocycles. The molecule has 2 heterocycles. The normalized spacial score (nSPS) is 22.3. The van der Waals surface area contributed by atoms with Gasteiger partial charge in [0.05, 0.1) is 11.4 Å². The van der Waals surface area contributed by atoms with E-state index in [1.54, 1.807) is 0 Å². The van der Waals surface area contributed by atoms with Crippen molar-refractivity contribution in [1.82, 2.24) is 20.1 Å². The standard InChI is InChI=1S/C14H24N4/c1-12-10-17(3)7-8-18(12)11-14-6-4-5-13(16-14)9-15-2/h4-6,12,15H,7-11H2,1-3H3. The molecular weight excluding hydrogens is 224 g/mol. The van der Waals surface area contributed by atoms with Crippen molar-refractivity contribution in [2.45, 2.75) is 26.1 Å². The van der Waals surface area contributed by atoms with E-state index < -0.39 is 0 Å². The second-order valence-corrected chi connectivity index (χ2v) is 5.23. The van der Waals surface area contributed by atoms with Gasteiger partial charge in [-0.25, -0.2) is 0 Å². The van der Waals surface area contributed by atoms with Gasteiger partial charge in [0.1, 0.15) is 0 Å². The Hall–Kier alpha value is -0.970. The van der Waals surface area contributed by atoms with Gasteiger partial charge >= 0.3 is 0 Å². The maximum Gasteiger partial charge on any atom is 0.0548 e. The predicted octanol–water partition coefficient (Wildman–Crippen LogP) is 0.937. The predicted molar refractivity (Wildman–Crippen MR) is 74.4 cm³/mol. The molecule has 100 valence electrons. The maximum absolute atomic E-state index is 4.69. The second kappa shape index (κ2) is 6.27. The van der Waals surface area contributed by atoms with E-state index in [2.05, 4.69) is 47.3 Å². The molecule has 4 nitrogen and oxygen atoms in total. The molecule has 1 aromatic rings. The van der Waals surface area contributed by atoms with E-state index in [9.17, 15) is 0 Å². The van der Waals surface area contributed by atoms with Crippen LogP contribution in [-0.2, 0) is 13.1 Å². The Bertz CT molecular complexity index is 380. The van der Waals surface area contributed by atoms with E-state index in [4.69, 9.17) is 4.98 Å². The van der Waals surface area contributed by atoms with E-state index in [1.165, 1.54) is 5.69 Å². The fourth-order valence-corrected chi connectivity index (χ4v) is 2.52. The van der Waals surface area contributed by atoms with E-state index in [0.717, 1.165) is 38.4 Å². The molecule has 1 atom stereocenters. The Morgan fingerprint density at radius 2 is 2.11 bits per heavy atom. The van der Waals surface area contributed by atoms with Gasteiger partial charge in [-0.1, -0.05) is 6.07 Å². The van der Waals surface area contributed by atoms with Gasteiger partial charge in [-0.05, 0) is 33.2 Å². The van der Waals surface area contributed by atoms with Gasteiger partial charge in [0.25, 0.3) is 0 Å². The lowest BCUT2D eigenvalue weighted by atomic mass is 10.2. The van der Waals surface area contributed by atoms with E-state index in [1.807, 2.05) is 7.05 Å². The van der Waals surface area contributed by atoms with Gasteiger partial charge in [-0.3, -0.25) is 9.88 Å². The third kappa shape index (κ3) is 3.51. The molecule has 0 amide bonds. The fraction of sp³-hybridized carbons (Fsp3) is 0.643. The highest BCUT2D eigenvalue weighted by atomic mass is 15.3. The minimum Gasteiger partial charge on any atom is -0.314 e. The SMILES string of the molecule is CNCc1cccc(CN2CCN(C)CC2C)n1. The number of hydrogen-bond acceptors (Lipinski definition) is 4. The molecular formula is C14H24N4. The van der Waals surface area contributed by atoms with Gasteiger partial charge in [0.2, 0.25) is 0 Å². The van der Waals surface area contributed by atoms with Gasteiger partial charge < -0.3 is 10.2 Å². The van der Waals surface area contributed by atoms with Crippen LogP contribution in [0.1, 0.15) is 18.3 Å². The summed E-state index contributed by atoms with van der Waals surface area (Å²) >= 11 is 0. The summed E-state index contributed by atoms with van der Waals surface area (Å²) in [5, 5.41) is 3.15. The van der Waals surface area contributed by atoms with Crippen LogP contribution < -0.4 is 5.32 Å². The molecule has 0 radical (unpaired) electrons. The topological polar surface area (TPSA) is 31.4 Å². The monoisotopic (exact) mass is 248 g/mol. The average Bonchev–Trinajstić information content (AvgIpc) is 2.34. The zero-order valence-electron chi connectivity index (χ0n) is 11.7. The molecule has 1 aliphatic rings. The summed E-state index contributed by atoms with van der Waals surface area (Å²) in [6.45, 7) is 7.54. The van der Waals surface area contributed by atoms with Crippen LogP contribution in [0.15, 0.2) is 18.2 Å². The van der Waals surface area contributed by atoms with Crippen LogP contribution in [0.2, 0.25) is 0 Å². The molecule has 1 fully saturated rings. The molecule has 4 heteroatoms. The summed E-state index contributed by atoms with van der Waals surface area (Å²) in [5.41, 5.74) is 2.30. The molecule has 2 rings (SSSR count). The Morgan fingerprint density at radius 3 is 2.83 bits per heavy atom. The summed E-state index contributed by atoms with van der Waals surface area (Å²) in [5.74, 6) is 0. The number of nitrogens with one attached hydrogen (secondary N) is 1. The Balaban J connectivity index is 1.98. The van der Waals surface area contributed by atoms with Crippen molar-refractivity contribution >= 4 is 0 Å². The van der Waals surface area contributed by atoms with Gasteiger partial charge in [-0.2, -0.15) is 0 Å². The largest absolute Gasteiger partial charge is 0.314 e. The summed E-state index contributed by atoms with van der Waals surface area (Å²) in [4.78, 5) is 9.61. The summed E-state index contributed by atoms with van der Waals surface area (Å²) in [7, 11) is 4.15. The summed E-state index contributed by atoms with van der Waals surface area (Å²) in [6.07, 6.45) is 0. The van der Waals surface area contributed by atoms with Gasteiger partial charge in [0, 0.05) is 38.8 Å². The lowest BCUT2D eigenvalue weighted by Crippen LogP contribution is -2.49. The molecule has 0 bridgehead atoms. The summed E-state index contributed by atoms with van der Waals surface area (Å²) in [6, 6.07) is 6.92. The number of nitrogens with zero attached hydrogens (tertiary/aromatic N) is 3. The number of likely N-dealkylation sites (N-methyl/N-ethyl adjacent to an activating group) is 1. The van der Waals surface area contributed by atoms with Crippen molar-refractivity contribution in [3.8, 4) is 0 Å². The first-order chi connectivity index (χ1) is 8.69. The second-order valence-electron chi connectivity index (χ2n) is 5.23. The number of aromatic nitrogens is 1. The van der Waals surface area contributed by atoms with Crippen LogP contribution >= 0.6 is 0 Å². The van der Waals surface area contributed by atoms with Gasteiger partial charge in [-0.15, -0.1) is 0 Å². The minimum atomic E-state index is 0.610. The van der Waals surface area contributed by atoms with Crippen LogP contribution in [-0.4, -0.2) is 54.6 Å². The molecule has 18 heavy (non-hydrogen) atoms. The molecule has 1 unspecified atom stereocenters. The molecule has 0 spiro atoms. The van der Waals surface area contributed by atoms with Crippen LogP contribution in [0.25, 0.3) is 0 Å². The molecule has 0 aromatic carbocycles. The molecule has 1 saturated heterocycles. The van der Waals surface area contributed by atoms with Crippen molar-refractivity contribution in [2.24, 2.45) is 0 Å². The number of piperazine rings is 1. The zero-order valence-corrected chi connectivity index (χ0v) is 11.7. The molecule has 1 aromatic heterocycles. The zero-order chi connectivity index (χ0) is 13.0. The third-order valence-corrected chi connectivity index (χ3v) is 3.56. The quantitative estimate of drug-likeness (QED) is 0.859. The molecule has 1 aliphatic heterocycles. The van der Waals surface area contributed by atoms with Crippen LogP contribution in [0.3, 0.4) is 0 Å². The number of rotatable bonds is 4. The highest BCUT2D eigenvalue weighted by Crippen LogP contribution is 2.12. The smallest absolute Gasteiger partial charge is 0.0548 e. The lowest BCUT2D eigenvalue weighted by Gasteiger charge is -2.38.